The van der Waals surface area contributed by atoms with Crippen molar-refractivity contribution in [3.8, 4) is 10.8 Å². The Labute approximate surface area is 198 Å². The fourth-order valence-corrected chi connectivity index (χ4v) is 5.09. The molecule has 5 aromatic rings. The number of thiophene rings is 1. The van der Waals surface area contributed by atoms with Gasteiger partial charge in [-0.15, -0.1) is 22.7 Å². The van der Waals surface area contributed by atoms with Crippen molar-refractivity contribution in [1.29, 1.82) is 0 Å². The normalized spacial score (nSPS) is 10.9. The van der Waals surface area contributed by atoms with Crippen LogP contribution in [0.2, 0.25) is 0 Å². The molecule has 0 atom stereocenters. The molecule has 0 bridgehead atoms. The highest BCUT2D eigenvalue weighted by Crippen LogP contribution is 2.31. The predicted octanol–water partition coefficient (Wildman–Crippen LogP) is 5.82. The lowest BCUT2D eigenvalue weighted by Crippen LogP contribution is -2.30. The van der Waals surface area contributed by atoms with E-state index in [-0.39, 0.29) is 18.4 Å². The van der Waals surface area contributed by atoms with Gasteiger partial charge in [-0.3, -0.25) is 9.59 Å². The zero-order valence-corrected chi connectivity index (χ0v) is 19.3. The van der Waals surface area contributed by atoms with Crippen LogP contribution in [0.5, 0.6) is 0 Å². The Kier molecular flexibility index (Phi) is 5.77. The third-order valence-electron chi connectivity index (χ3n) is 5.14. The van der Waals surface area contributed by atoms with Crippen molar-refractivity contribution >= 4 is 50.4 Å². The Morgan fingerprint density at radius 3 is 2.64 bits per heavy atom. The van der Waals surface area contributed by atoms with Crippen LogP contribution >= 0.6 is 22.7 Å². The number of anilines is 1. The fraction of sp³-hybridized carbons (Fsp3) is 0.0800. The minimum Gasteiger partial charge on any atom is -0.457 e. The number of thiazole rings is 1. The number of nitrogens with one attached hydrogen (secondary N) is 1. The first-order chi connectivity index (χ1) is 16.1. The number of nitrogens with zero attached hydrogens (tertiary/aromatic N) is 2. The molecule has 2 aromatic carbocycles. The van der Waals surface area contributed by atoms with Gasteiger partial charge < -0.3 is 14.6 Å². The molecule has 5 rings (SSSR count). The van der Waals surface area contributed by atoms with Crippen LogP contribution in [0.15, 0.2) is 82.6 Å². The Balaban J connectivity index is 1.30. The average Bonchev–Trinajstić information content (AvgIpc) is 3.61. The van der Waals surface area contributed by atoms with Crippen molar-refractivity contribution in [2.75, 3.05) is 11.9 Å². The smallest absolute Gasteiger partial charge is 0.268 e. The van der Waals surface area contributed by atoms with Crippen LogP contribution in [0.25, 0.3) is 21.0 Å². The topological polar surface area (TPSA) is 75.4 Å². The van der Waals surface area contributed by atoms with Gasteiger partial charge >= 0.3 is 0 Å². The zero-order valence-electron chi connectivity index (χ0n) is 17.6. The van der Waals surface area contributed by atoms with E-state index in [2.05, 4.69) is 10.3 Å². The third kappa shape index (κ3) is 4.30. The Morgan fingerprint density at radius 1 is 1.00 bits per heavy atom. The van der Waals surface area contributed by atoms with Gasteiger partial charge in [-0.2, -0.15) is 0 Å². The first kappa shape index (κ1) is 21.1. The number of aromatic nitrogens is 1. The Bertz CT molecular complexity index is 1400. The van der Waals surface area contributed by atoms with Crippen LogP contribution in [0.3, 0.4) is 0 Å². The van der Waals surface area contributed by atoms with E-state index in [0.29, 0.717) is 27.6 Å². The van der Waals surface area contributed by atoms with Gasteiger partial charge in [0.2, 0.25) is 0 Å². The lowest BCUT2D eigenvalue weighted by molar-refractivity contribution is 0.0948. The van der Waals surface area contributed by atoms with Crippen LogP contribution in [0.1, 0.15) is 25.8 Å². The fourth-order valence-electron chi connectivity index (χ4n) is 3.46. The number of para-hydroxylation sites is 2. The van der Waals surface area contributed by atoms with Gasteiger partial charge in [-0.05, 0) is 47.8 Å². The molecule has 2 amide bonds. The first-order valence-electron chi connectivity index (χ1n) is 10.2. The van der Waals surface area contributed by atoms with Crippen molar-refractivity contribution in [2.45, 2.75) is 6.54 Å². The van der Waals surface area contributed by atoms with Crippen LogP contribution in [-0.4, -0.2) is 23.8 Å². The monoisotopic (exact) mass is 473 g/mol. The molecule has 0 aliphatic heterocycles. The van der Waals surface area contributed by atoms with E-state index in [0.717, 1.165) is 15.2 Å². The summed E-state index contributed by atoms with van der Waals surface area (Å²) in [6, 6.07) is 22.3. The molecule has 0 saturated heterocycles. The molecule has 0 aliphatic rings. The number of benzene rings is 2. The molecule has 3 heterocycles. The minimum atomic E-state index is -0.283. The molecule has 0 saturated carbocycles. The van der Waals surface area contributed by atoms with E-state index in [4.69, 9.17) is 4.42 Å². The summed E-state index contributed by atoms with van der Waals surface area (Å²) in [7, 11) is 1.67. The second-order valence-corrected chi connectivity index (χ2v) is 9.27. The standard InChI is InChI=1S/C25H19N3O3S2/c1-28(25(30)22-11-6-14-32-22)19-9-4-2-7-17(19)23(29)26-15-16-12-13-20(31-16)24-27-18-8-3-5-10-21(18)33-24/h2-14H,15H2,1H3,(H,26,29). The van der Waals surface area contributed by atoms with Gasteiger partial charge in [0.15, 0.2) is 10.8 Å². The van der Waals surface area contributed by atoms with Crippen LogP contribution in [0.4, 0.5) is 5.69 Å². The molecule has 33 heavy (non-hydrogen) atoms. The number of rotatable bonds is 6. The quantitative estimate of drug-likeness (QED) is 0.337. The third-order valence-corrected chi connectivity index (χ3v) is 7.04. The van der Waals surface area contributed by atoms with Gasteiger partial charge in [0.1, 0.15) is 5.76 Å². The van der Waals surface area contributed by atoms with Crippen LogP contribution < -0.4 is 10.2 Å². The van der Waals surface area contributed by atoms with Crippen LogP contribution in [0, 0.1) is 0 Å². The summed E-state index contributed by atoms with van der Waals surface area (Å²) in [6.45, 7) is 0.223. The number of carbonyl (C=O) groups excluding carboxylic acids is 2. The van der Waals surface area contributed by atoms with Gasteiger partial charge in [0, 0.05) is 7.05 Å². The molecular formula is C25H19N3O3S2. The summed E-state index contributed by atoms with van der Waals surface area (Å²) in [6.07, 6.45) is 0. The molecule has 0 aliphatic carbocycles. The lowest BCUT2D eigenvalue weighted by atomic mass is 10.1. The van der Waals surface area contributed by atoms with Crippen LogP contribution in [-0.2, 0) is 6.54 Å². The van der Waals surface area contributed by atoms with E-state index >= 15 is 0 Å². The zero-order chi connectivity index (χ0) is 22.8. The van der Waals surface area contributed by atoms with Crippen molar-refractivity contribution in [2.24, 2.45) is 0 Å². The number of hydrogen-bond donors (Lipinski definition) is 1. The Morgan fingerprint density at radius 2 is 1.82 bits per heavy atom. The SMILES string of the molecule is CN(C(=O)c1cccs1)c1ccccc1C(=O)NCc1ccc(-c2nc3ccccc3s2)o1. The molecule has 3 aromatic heterocycles. The molecule has 6 nitrogen and oxygen atoms in total. The van der Waals surface area contributed by atoms with Gasteiger partial charge in [-0.25, -0.2) is 4.98 Å². The maximum absolute atomic E-state index is 12.9. The first-order valence-corrected chi connectivity index (χ1v) is 11.9. The second kappa shape index (κ2) is 9.01. The molecule has 164 valence electrons. The number of carbonyl (C=O) groups is 2. The molecule has 0 unspecified atom stereocenters. The highest BCUT2D eigenvalue weighted by molar-refractivity contribution is 7.21. The summed E-state index contributed by atoms with van der Waals surface area (Å²) in [4.78, 5) is 32.4. The number of furan rings is 1. The summed E-state index contributed by atoms with van der Waals surface area (Å²) >= 11 is 2.93. The summed E-state index contributed by atoms with van der Waals surface area (Å²) in [5, 5.41) is 5.54. The molecule has 0 fully saturated rings. The largest absolute Gasteiger partial charge is 0.457 e. The molecule has 0 spiro atoms. The average molecular weight is 474 g/mol. The van der Waals surface area contributed by atoms with Crippen molar-refractivity contribution in [3.63, 3.8) is 0 Å². The number of amides is 2. The summed E-state index contributed by atoms with van der Waals surface area (Å²) in [5.41, 5.74) is 1.90. The van der Waals surface area contributed by atoms with Gasteiger partial charge in [-0.1, -0.05) is 30.3 Å². The van der Waals surface area contributed by atoms with Crippen molar-refractivity contribution in [1.82, 2.24) is 10.3 Å². The van der Waals surface area contributed by atoms with Gasteiger partial charge in [0.25, 0.3) is 11.8 Å². The molecule has 0 radical (unpaired) electrons. The Hall–Kier alpha value is -3.75. The van der Waals surface area contributed by atoms with Crippen molar-refractivity contribution in [3.05, 3.63) is 94.4 Å². The van der Waals surface area contributed by atoms with Crippen molar-refractivity contribution < 1.29 is 14.0 Å². The van der Waals surface area contributed by atoms with Gasteiger partial charge in [0.05, 0.1) is 32.9 Å². The minimum absolute atomic E-state index is 0.156. The van der Waals surface area contributed by atoms with E-state index in [9.17, 15) is 9.59 Å². The summed E-state index contributed by atoms with van der Waals surface area (Å²) < 4.78 is 7.01. The highest BCUT2D eigenvalue weighted by Gasteiger charge is 2.20. The number of fused-ring (bicyclic) bond motifs is 1. The lowest BCUT2D eigenvalue weighted by Gasteiger charge is -2.19. The van der Waals surface area contributed by atoms with E-state index in [1.807, 2.05) is 47.8 Å². The molecule has 1 N–H and O–H groups in total. The number of hydrogen-bond acceptors (Lipinski definition) is 6. The molecule has 8 heteroatoms. The maximum atomic E-state index is 12.9. The maximum Gasteiger partial charge on any atom is 0.268 e. The van der Waals surface area contributed by atoms with E-state index < -0.39 is 0 Å². The predicted molar refractivity (Wildman–Crippen MR) is 132 cm³/mol. The second-order valence-electron chi connectivity index (χ2n) is 7.29. The molecular weight excluding hydrogens is 454 g/mol. The van der Waals surface area contributed by atoms with E-state index in [1.165, 1.54) is 16.2 Å². The van der Waals surface area contributed by atoms with E-state index in [1.54, 1.807) is 48.7 Å². The highest BCUT2D eigenvalue weighted by atomic mass is 32.1. The summed E-state index contributed by atoms with van der Waals surface area (Å²) in [5.74, 6) is 0.853.